The number of hydrogen-bond donors (Lipinski definition) is 1. The van der Waals surface area contributed by atoms with Gasteiger partial charge in [-0.1, -0.05) is 46.9 Å². The van der Waals surface area contributed by atoms with Crippen LogP contribution in [0.15, 0.2) is 36.4 Å². The number of rotatable bonds is 3. The fourth-order valence-electron chi connectivity index (χ4n) is 1.91. The van der Waals surface area contributed by atoms with Crippen LogP contribution in [0.5, 0.6) is 0 Å². The number of halogens is 3. The van der Waals surface area contributed by atoms with Gasteiger partial charge in [-0.3, -0.25) is 0 Å². The molecule has 0 saturated carbocycles. The van der Waals surface area contributed by atoms with Crippen LogP contribution in [0.25, 0.3) is 0 Å². The summed E-state index contributed by atoms with van der Waals surface area (Å²) >= 11 is 18.3. The monoisotopic (exact) mass is 313 g/mol. The van der Waals surface area contributed by atoms with E-state index in [4.69, 9.17) is 34.8 Å². The lowest BCUT2D eigenvalue weighted by atomic mass is 10.1. The molecular formula is C15H14Cl3N. The Bertz CT molecular complexity index is 596. The van der Waals surface area contributed by atoms with Gasteiger partial charge in [0.1, 0.15) is 0 Å². The molecule has 2 aromatic rings. The second-order valence-corrected chi connectivity index (χ2v) is 5.77. The van der Waals surface area contributed by atoms with Crippen molar-refractivity contribution in [1.82, 2.24) is 0 Å². The Kier molecular flexibility index (Phi) is 4.62. The molecule has 1 nitrogen and oxygen atoms in total. The Morgan fingerprint density at radius 1 is 0.947 bits per heavy atom. The summed E-state index contributed by atoms with van der Waals surface area (Å²) in [5.41, 5.74) is 3.05. The van der Waals surface area contributed by atoms with E-state index in [2.05, 4.69) is 5.32 Å². The molecule has 1 N–H and O–H groups in total. The van der Waals surface area contributed by atoms with Crippen LogP contribution in [0.3, 0.4) is 0 Å². The summed E-state index contributed by atoms with van der Waals surface area (Å²) in [5, 5.41) is 5.35. The third-order valence-electron chi connectivity index (χ3n) is 2.92. The number of aryl methyl sites for hydroxylation is 1. The van der Waals surface area contributed by atoms with Gasteiger partial charge < -0.3 is 5.32 Å². The molecule has 0 saturated heterocycles. The van der Waals surface area contributed by atoms with Gasteiger partial charge in [0.25, 0.3) is 0 Å². The predicted molar refractivity (Wildman–Crippen MR) is 84.7 cm³/mol. The van der Waals surface area contributed by atoms with Crippen LogP contribution in [-0.4, -0.2) is 0 Å². The van der Waals surface area contributed by atoms with Crippen molar-refractivity contribution in [2.45, 2.75) is 19.9 Å². The Labute approximate surface area is 128 Å². The summed E-state index contributed by atoms with van der Waals surface area (Å²) in [7, 11) is 0. The highest BCUT2D eigenvalue weighted by Crippen LogP contribution is 2.31. The van der Waals surface area contributed by atoms with Gasteiger partial charge in [-0.2, -0.15) is 0 Å². The van der Waals surface area contributed by atoms with E-state index in [0.29, 0.717) is 15.1 Å². The Hall–Kier alpha value is -0.890. The van der Waals surface area contributed by atoms with Crippen molar-refractivity contribution < 1.29 is 0 Å². The molecule has 100 valence electrons. The summed E-state index contributed by atoms with van der Waals surface area (Å²) in [6, 6.07) is 11.4. The molecule has 2 aromatic carbocycles. The minimum absolute atomic E-state index is 0.0454. The molecule has 0 spiro atoms. The summed E-state index contributed by atoms with van der Waals surface area (Å²) in [5.74, 6) is 0. The Balaban J connectivity index is 2.25. The second kappa shape index (κ2) is 6.04. The van der Waals surface area contributed by atoms with Gasteiger partial charge in [0.05, 0.1) is 16.8 Å². The topological polar surface area (TPSA) is 12.0 Å². The third kappa shape index (κ3) is 3.56. The third-order valence-corrected chi connectivity index (χ3v) is 3.81. The molecule has 19 heavy (non-hydrogen) atoms. The highest BCUT2D eigenvalue weighted by atomic mass is 35.5. The van der Waals surface area contributed by atoms with Gasteiger partial charge in [-0.05, 0) is 49.2 Å². The van der Waals surface area contributed by atoms with Crippen LogP contribution in [0.1, 0.15) is 24.1 Å². The summed E-state index contributed by atoms with van der Waals surface area (Å²) in [6.45, 7) is 4.06. The van der Waals surface area contributed by atoms with Crippen LogP contribution in [0, 0.1) is 6.92 Å². The first-order valence-electron chi connectivity index (χ1n) is 5.95. The molecule has 1 unspecified atom stereocenters. The van der Waals surface area contributed by atoms with Gasteiger partial charge >= 0.3 is 0 Å². The number of anilines is 1. The fraction of sp³-hybridized carbons (Fsp3) is 0.200. The van der Waals surface area contributed by atoms with Gasteiger partial charge in [-0.25, -0.2) is 0 Å². The Morgan fingerprint density at radius 3 is 2.37 bits per heavy atom. The number of nitrogens with one attached hydrogen (secondary N) is 1. The Morgan fingerprint density at radius 2 is 1.68 bits per heavy atom. The molecule has 4 heteroatoms. The second-order valence-electron chi connectivity index (χ2n) is 4.52. The molecule has 0 radical (unpaired) electrons. The highest BCUT2D eigenvalue weighted by molar-refractivity contribution is 6.35. The molecule has 0 fully saturated rings. The van der Waals surface area contributed by atoms with Gasteiger partial charge in [0.15, 0.2) is 0 Å². The minimum atomic E-state index is 0.0454. The first kappa shape index (κ1) is 14.5. The molecule has 0 amide bonds. The summed E-state index contributed by atoms with van der Waals surface area (Å²) in [4.78, 5) is 0. The first-order chi connectivity index (χ1) is 8.97. The molecule has 0 aliphatic rings. The zero-order chi connectivity index (χ0) is 14.0. The lowest BCUT2D eigenvalue weighted by Gasteiger charge is -2.18. The van der Waals surface area contributed by atoms with E-state index < -0.39 is 0 Å². The van der Waals surface area contributed by atoms with Crippen LogP contribution < -0.4 is 5.32 Å². The van der Waals surface area contributed by atoms with E-state index in [9.17, 15) is 0 Å². The molecule has 0 heterocycles. The number of hydrogen-bond acceptors (Lipinski definition) is 1. The van der Waals surface area contributed by atoms with E-state index in [1.54, 1.807) is 6.07 Å². The predicted octanol–water partition coefficient (Wildman–Crippen LogP) is 6.13. The maximum Gasteiger partial charge on any atom is 0.0637 e. The van der Waals surface area contributed by atoms with E-state index in [1.165, 1.54) is 0 Å². The molecule has 0 bridgehead atoms. The standard InChI is InChI=1S/C15H14Cl3N/c1-9-3-6-13(17)15(7-9)19-10(2)12-5-4-11(16)8-14(12)18/h3-8,10,19H,1-2H3. The van der Waals surface area contributed by atoms with Crippen molar-refractivity contribution in [2.24, 2.45) is 0 Å². The summed E-state index contributed by atoms with van der Waals surface area (Å²) < 4.78 is 0. The fourth-order valence-corrected chi connectivity index (χ4v) is 2.66. The van der Waals surface area contributed by atoms with Crippen LogP contribution in [0.4, 0.5) is 5.69 Å². The van der Waals surface area contributed by atoms with Gasteiger partial charge in [0, 0.05) is 10.0 Å². The van der Waals surface area contributed by atoms with Crippen LogP contribution in [-0.2, 0) is 0 Å². The normalized spacial score (nSPS) is 12.3. The van der Waals surface area contributed by atoms with Crippen molar-refractivity contribution in [3.63, 3.8) is 0 Å². The van der Waals surface area contributed by atoms with E-state index in [0.717, 1.165) is 16.8 Å². The van der Waals surface area contributed by atoms with Crippen molar-refractivity contribution in [2.75, 3.05) is 5.32 Å². The lowest BCUT2D eigenvalue weighted by molar-refractivity contribution is 0.885. The zero-order valence-corrected chi connectivity index (χ0v) is 12.9. The van der Waals surface area contributed by atoms with Crippen LogP contribution >= 0.6 is 34.8 Å². The van der Waals surface area contributed by atoms with Crippen molar-refractivity contribution in [1.29, 1.82) is 0 Å². The smallest absolute Gasteiger partial charge is 0.0637 e. The molecule has 0 aliphatic heterocycles. The van der Waals surface area contributed by atoms with E-state index in [1.807, 2.05) is 44.2 Å². The van der Waals surface area contributed by atoms with Crippen LogP contribution in [0.2, 0.25) is 15.1 Å². The largest absolute Gasteiger partial charge is 0.377 e. The van der Waals surface area contributed by atoms with Crippen molar-refractivity contribution in [3.8, 4) is 0 Å². The van der Waals surface area contributed by atoms with E-state index >= 15 is 0 Å². The van der Waals surface area contributed by atoms with Gasteiger partial charge in [0.2, 0.25) is 0 Å². The maximum absolute atomic E-state index is 6.20. The molecule has 1 atom stereocenters. The highest BCUT2D eigenvalue weighted by Gasteiger charge is 2.11. The molecule has 0 aliphatic carbocycles. The quantitative estimate of drug-likeness (QED) is 0.718. The molecule has 0 aromatic heterocycles. The average molecular weight is 315 g/mol. The molecule has 2 rings (SSSR count). The van der Waals surface area contributed by atoms with E-state index in [-0.39, 0.29) is 6.04 Å². The molecular weight excluding hydrogens is 301 g/mol. The van der Waals surface area contributed by atoms with Crippen molar-refractivity contribution in [3.05, 3.63) is 62.6 Å². The SMILES string of the molecule is Cc1ccc(Cl)c(NC(C)c2ccc(Cl)cc2Cl)c1. The minimum Gasteiger partial charge on any atom is -0.377 e. The number of benzene rings is 2. The van der Waals surface area contributed by atoms with Gasteiger partial charge in [-0.15, -0.1) is 0 Å². The maximum atomic E-state index is 6.20. The lowest BCUT2D eigenvalue weighted by Crippen LogP contribution is -2.07. The van der Waals surface area contributed by atoms with Crippen molar-refractivity contribution >= 4 is 40.5 Å². The zero-order valence-electron chi connectivity index (χ0n) is 10.7. The average Bonchev–Trinajstić information content (AvgIpc) is 2.33. The summed E-state index contributed by atoms with van der Waals surface area (Å²) in [6.07, 6.45) is 0. The first-order valence-corrected chi connectivity index (χ1v) is 7.08.